The Hall–Kier alpha value is -1.25. The number of rotatable bonds is 2. The molecule has 3 rings (SSSR count). The number of hydrogen-bond acceptors (Lipinski definition) is 2. The summed E-state index contributed by atoms with van der Waals surface area (Å²) >= 11 is 0. The van der Waals surface area contributed by atoms with Gasteiger partial charge in [0.2, 0.25) is 5.91 Å². The lowest BCUT2D eigenvalue weighted by Crippen LogP contribution is -2.32. The van der Waals surface area contributed by atoms with Crippen molar-refractivity contribution in [2.24, 2.45) is 11.8 Å². The van der Waals surface area contributed by atoms with Crippen molar-refractivity contribution in [3.05, 3.63) is 23.7 Å². The highest BCUT2D eigenvalue weighted by molar-refractivity contribution is 5.76. The summed E-state index contributed by atoms with van der Waals surface area (Å²) < 4.78 is 5.48. The molecule has 1 aromatic rings. The summed E-state index contributed by atoms with van der Waals surface area (Å²) in [6, 6.07) is 2.01. The monoisotopic (exact) mass is 261 g/mol. The van der Waals surface area contributed by atoms with E-state index >= 15 is 0 Å². The lowest BCUT2D eigenvalue weighted by Gasteiger charge is -2.23. The number of carbonyl (C=O) groups excluding carboxylic acids is 1. The summed E-state index contributed by atoms with van der Waals surface area (Å²) in [6.45, 7) is 3.91. The van der Waals surface area contributed by atoms with E-state index in [4.69, 9.17) is 4.42 Å². The fourth-order valence-electron chi connectivity index (χ4n) is 3.53. The van der Waals surface area contributed by atoms with Gasteiger partial charge >= 0.3 is 0 Å². The van der Waals surface area contributed by atoms with E-state index in [1.807, 2.05) is 11.0 Å². The Labute approximate surface area is 115 Å². The molecule has 1 amide bonds. The van der Waals surface area contributed by atoms with Crippen LogP contribution in [-0.2, 0) is 17.8 Å². The minimum absolute atomic E-state index is 0.341. The smallest absolute Gasteiger partial charge is 0.223 e. The average molecular weight is 261 g/mol. The van der Waals surface area contributed by atoms with Crippen molar-refractivity contribution in [1.82, 2.24) is 4.90 Å². The van der Waals surface area contributed by atoms with Gasteiger partial charge in [-0.2, -0.15) is 0 Å². The highest BCUT2D eigenvalue weighted by Gasteiger charge is 2.28. The molecule has 0 N–H and O–H groups in total. The molecule has 0 bridgehead atoms. The minimum Gasteiger partial charge on any atom is -0.469 e. The predicted octanol–water partition coefficient (Wildman–Crippen LogP) is 3.38. The largest absolute Gasteiger partial charge is 0.469 e. The summed E-state index contributed by atoms with van der Waals surface area (Å²) in [5, 5.41) is 0. The zero-order valence-corrected chi connectivity index (χ0v) is 11.7. The molecule has 0 spiro atoms. The van der Waals surface area contributed by atoms with Gasteiger partial charge in [-0.3, -0.25) is 4.79 Å². The first-order chi connectivity index (χ1) is 9.24. The van der Waals surface area contributed by atoms with Gasteiger partial charge in [0.25, 0.3) is 0 Å². The van der Waals surface area contributed by atoms with Crippen LogP contribution < -0.4 is 0 Å². The first-order valence-corrected chi connectivity index (χ1v) is 7.57. The van der Waals surface area contributed by atoms with Crippen LogP contribution in [-0.4, -0.2) is 17.4 Å². The molecule has 2 heterocycles. The topological polar surface area (TPSA) is 33.5 Å². The maximum atomic E-state index is 12.5. The van der Waals surface area contributed by atoms with Crippen molar-refractivity contribution in [3.63, 3.8) is 0 Å². The normalized spacial score (nSPS) is 27.1. The van der Waals surface area contributed by atoms with Crippen LogP contribution in [0.25, 0.3) is 0 Å². The highest BCUT2D eigenvalue weighted by Crippen LogP contribution is 2.34. The Bertz CT molecular complexity index is 451. The van der Waals surface area contributed by atoms with Gasteiger partial charge in [-0.25, -0.2) is 0 Å². The Morgan fingerprint density at radius 2 is 2.32 bits per heavy atom. The molecule has 2 atom stereocenters. The van der Waals surface area contributed by atoms with Crippen LogP contribution >= 0.6 is 0 Å². The Morgan fingerprint density at radius 3 is 3.11 bits per heavy atom. The number of fused-ring (bicyclic) bond motifs is 1. The first-order valence-electron chi connectivity index (χ1n) is 7.57. The molecule has 19 heavy (non-hydrogen) atoms. The molecule has 104 valence electrons. The second-order valence-corrected chi connectivity index (χ2v) is 6.16. The van der Waals surface area contributed by atoms with Gasteiger partial charge in [0.1, 0.15) is 5.76 Å². The standard InChI is InChI=1S/C16H23NO2/c1-12-4-2-5-13(12)10-16(18)17-8-3-6-15-14(11-17)7-9-19-15/h7,9,12-13H,2-6,8,10-11H2,1H3/t12-,13+/m1/s1. The number of nitrogens with zero attached hydrogens (tertiary/aromatic N) is 1. The molecule has 2 aliphatic rings. The van der Waals surface area contributed by atoms with Gasteiger partial charge < -0.3 is 9.32 Å². The minimum atomic E-state index is 0.341. The molecule has 1 saturated carbocycles. The van der Waals surface area contributed by atoms with E-state index in [9.17, 15) is 4.79 Å². The van der Waals surface area contributed by atoms with Crippen LogP contribution in [0.15, 0.2) is 16.7 Å². The Balaban J connectivity index is 1.63. The SMILES string of the molecule is C[C@@H]1CCC[C@H]1CC(=O)N1CCCc2occc2C1. The van der Waals surface area contributed by atoms with E-state index in [0.29, 0.717) is 11.8 Å². The molecule has 0 saturated heterocycles. The lowest BCUT2D eigenvalue weighted by molar-refractivity contribution is -0.133. The first kappa shape index (κ1) is 12.8. The van der Waals surface area contributed by atoms with E-state index in [2.05, 4.69) is 6.92 Å². The summed E-state index contributed by atoms with van der Waals surface area (Å²) in [4.78, 5) is 14.5. The number of aryl methyl sites for hydroxylation is 1. The highest BCUT2D eigenvalue weighted by atomic mass is 16.3. The molecule has 3 heteroatoms. The fraction of sp³-hybridized carbons (Fsp3) is 0.688. The third kappa shape index (κ3) is 2.70. The van der Waals surface area contributed by atoms with E-state index in [-0.39, 0.29) is 0 Å². The second kappa shape index (κ2) is 5.40. The van der Waals surface area contributed by atoms with Gasteiger partial charge in [0.05, 0.1) is 6.26 Å². The summed E-state index contributed by atoms with van der Waals surface area (Å²) in [5.41, 5.74) is 1.20. The molecule has 1 aliphatic carbocycles. The second-order valence-electron chi connectivity index (χ2n) is 6.16. The third-order valence-electron chi connectivity index (χ3n) is 4.86. The van der Waals surface area contributed by atoms with Crippen molar-refractivity contribution >= 4 is 5.91 Å². The molecule has 3 nitrogen and oxygen atoms in total. The molecule has 1 aromatic heterocycles. The number of carbonyl (C=O) groups is 1. The zero-order valence-electron chi connectivity index (χ0n) is 11.7. The van der Waals surface area contributed by atoms with Crippen LogP contribution in [0.2, 0.25) is 0 Å². The van der Waals surface area contributed by atoms with E-state index in [1.165, 1.54) is 24.8 Å². The average Bonchev–Trinajstić information content (AvgIpc) is 2.94. The molecular formula is C16H23NO2. The molecule has 1 fully saturated rings. The number of furan rings is 1. The molecule has 0 radical (unpaired) electrons. The lowest BCUT2D eigenvalue weighted by atomic mass is 9.94. The van der Waals surface area contributed by atoms with Crippen molar-refractivity contribution in [1.29, 1.82) is 0 Å². The maximum absolute atomic E-state index is 12.5. The van der Waals surface area contributed by atoms with Gasteiger partial charge in [0, 0.05) is 31.5 Å². The van der Waals surface area contributed by atoms with Crippen LogP contribution in [0, 0.1) is 11.8 Å². The van der Waals surface area contributed by atoms with Gasteiger partial charge in [-0.05, 0) is 30.7 Å². The fourth-order valence-corrected chi connectivity index (χ4v) is 3.53. The quantitative estimate of drug-likeness (QED) is 0.817. The summed E-state index contributed by atoms with van der Waals surface area (Å²) in [7, 11) is 0. The van der Waals surface area contributed by atoms with Crippen LogP contribution in [0.3, 0.4) is 0 Å². The van der Waals surface area contributed by atoms with E-state index < -0.39 is 0 Å². The van der Waals surface area contributed by atoms with Crippen molar-refractivity contribution in [3.8, 4) is 0 Å². The van der Waals surface area contributed by atoms with Crippen molar-refractivity contribution in [2.75, 3.05) is 6.54 Å². The van der Waals surface area contributed by atoms with Crippen LogP contribution in [0.1, 0.15) is 50.4 Å². The Kier molecular flexibility index (Phi) is 3.63. The number of amides is 1. The van der Waals surface area contributed by atoms with Crippen molar-refractivity contribution in [2.45, 2.75) is 52.0 Å². The van der Waals surface area contributed by atoms with Gasteiger partial charge in [-0.1, -0.05) is 19.8 Å². The predicted molar refractivity (Wildman–Crippen MR) is 73.6 cm³/mol. The van der Waals surface area contributed by atoms with E-state index in [0.717, 1.165) is 44.0 Å². The Morgan fingerprint density at radius 1 is 1.42 bits per heavy atom. The van der Waals surface area contributed by atoms with Gasteiger partial charge in [-0.15, -0.1) is 0 Å². The molecule has 1 aliphatic heterocycles. The third-order valence-corrected chi connectivity index (χ3v) is 4.86. The van der Waals surface area contributed by atoms with Crippen molar-refractivity contribution < 1.29 is 9.21 Å². The maximum Gasteiger partial charge on any atom is 0.223 e. The summed E-state index contributed by atoms with van der Waals surface area (Å²) in [6.07, 6.45) is 8.30. The zero-order chi connectivity index (χ0) is 13.2. The van der Waals surface area contributed by atoms with Gasteiger partial charge in [0.15, 0.2) is 0 Å². The molecular weight excluding hydrogens is 238 g/mol. The summed E-state index contributed by atoms with van der Waals surface area (Å²) in [5.74, 6) is 2.75. The van der Waals surface area contributed by atoms with E-state index in [1.54, 1.807) is 6.26 Å². The van der Waals surface area contributed by atoms with Crippen LogP contribution in [0.4, 0.5) is 0 Å². The molecule has 0 unspecified atom stereocenters. The molecule has 0 aromatic carbocycles. The van der Waals surface area contributed by atoms with Crippen LogP contribution in [0.5, 0.6) is 0 Å². The number of hydrogen-bond donors (Lipinski definition) is 0.